The lowest BCUT2D eigenvalue weighted by atomic mass is 10.1. The van der Waals surface area contributed by atoms with Gasteiger partial charge in [0.05, 0.1) is 25.6 Å². The summed E-state index contributed by atoms with van der Waals surface area (Å²) >= 11 is 0. The number of ether oxygens (including phenoxy) is 1. The minimum Gasteiger partial charge on any atom is -0.497 e. The molecule has 0 spiro atoms. The molecule has 136 valence electrons. The number of benzene rings is 2. The lowest BCUT2D eigenvalue weighted by molar-refractivity contribution is 0.282. The summed E-state index contributed by atoms with van der Waals surface area (Å²) in [6.45, 7) is 0.697. The Labute approximate surface area is 157 Å². The van der Waals surface area contributed by atoms with E-state index in [0.29, 0.717) is 6.54 Å². The first-order chi connectivity index (χ1) is 13.3. The van der Waals surface area contributed by atoms with Gasteiger partial charge in [-0.05, 0) is 35.4 Å². The molecule has 0 unspecified atom stereocenters. The van der Waals surface area contributed by atoms with Crippen molar-refractivity contribution in [2.45, 2.75) is 13.2 Å². The van der Waals surface area contributed by atoms with Crippen molar-refractivity contribution in [2.24, 2.45) is 0 Å². The molecule has 0 saturated carbocycles. The highest BCUT2D eigenvalue weighted by Crippen LogP contribution is 2.22. The predicted molar refractivity (Wildman–Crippen MR) is 105 cm³/mol. The Morgan fingerprint density at radius 1 is 0.963 bits per heavy atom. The molecule has 0 saturated heterocycles. The summed E-state index contributed by atoms with van der Waals surface area (Å²) < 4.78 is 7.01. The van der Waals surface area contributed by atoms with Gasteiger partial charge in [-0.2, -0.15) is 0 Å². The topological polar surface area (TPSA) is 71.7 Å². The molecule has 2 aromatic carbocycles. The fourth-order valence-electron chi connectivity index (χ4n) is 2.88. The highest BCUT2D eigenvalue weighted by molar-refractivity contribution is 5.64. The molecule has 2 aromatic heterocycles. The molecule has 0 atom stereocenters. The third-order valence-corrected chi connectivity index (χ3v) is 4.43. The van der Waals surface area contributed by atoms with Gasteiger partial charge in [-0.25, -0.2) is 9.50 Å². The van der Waals surface area contributed by atoms with Gasteiger partial charge < -0.3 is 15.2 Å². The molecule has 0 aliphatic rings. The summed E-state index contributed by atoms with van der Waals surface area (Å²) in [5, 5.41) is 17.2. The molecule has 0 bridgehead atoms. The zero-order valence-electron chi connectivity index (χ0n) is 15.0. The fourth-order valence-corrected chi connectivity index (χ4v) is 2.88. The maximum atomic E-state index is 9.20. The number of aliphatic hydroxyl groups is 1. The number of anilines is 1. The van der Waals surface area contributed by atoms with Crippen LogP contribution in [0.1, 0.15) is 11.1 Å². The Bertz CT molecular complexity index is 1040. The van der Waals surface area contributed by atoms with Crippen molar-refractivity contribution in [2.75, 3.05) is 12.4 Å². The van der Waals surface area contributed by atoms with Gasteiger partial charge in [0.2, 0.25) is 0 Å². The molecule has 0 aliphatic carbocycles. The first-order valence-electron chi connectivity index (χ1n) is 8.68. The number of imidazole rings is 1. The molecule has 0 fully saturated rings. The van der Waals surface area contributed by atoms with Crippen molar-refractivity contribution in [3.63, 3.8) is 0 Å². The van der Waals surface area contributed by atoms with Gasteiger partial charge in [0, 0.05) is 12.1 Å². The molecular weight excluding hydrogens is 340 g/mol. The number of fused-ring (bicyclic) bond motifs is 1. The number of nitrogens with one attached hydrogen (secondary N) is 1. The van der Waals surface area contributed by atoms with E-state index in [-0.39, 0.29) is 6.61 Å². The Kier molecular flexibility index (Phi) is 4.72. The van der Waals surface area contributed by atoms with E-state index in [1.54, 1.807) is 7.11 Å². The van der Waals surface area contributed by atoms with Gasteiger partial charge in [0.15, 0.2) is 5.65 Å². The third kappa shape index (κ3) is 3.61. The van der Waals surface area contributed by atoms with Crippen LogP contribution in [0.25, 0.3) is 16.9 Å². The predicted octanol–water partition coefficient (Wildman–Crippen LogP) is 3.51. The molecule has 0 amide bonds. The Morgan fingerprint density at radius 3 is 2.41 bits per heavy atom. The quantitative estimate of drug-likeness (QED) is 0.551. The summed E-state index contributed by atoms with van der Waals surface area (Å²) in [4.78, 5) is 4.43. The largest absolute Gasteiger partial charge is 0.497 e. The Morgan fingerprint density at radius 2 is 1.70 bits per heavy atom. The van der Waals surface area contributed by atoms with E-state index in [2.05, 4.69) is 15.4 Å². The average Bonchev–Trinajstić information content (AvgIpc) is 3.16. The van der Waals surface area contributed by atoms with Crippen LogP contribution in [0.15, 0.2) is 66.9 Å². The molecule has 6 heteroatoms. The molecule has 4 aromatic rings. The van der Waals surface area contributed by atoms with E-state index in [9.17, 15) is 5.11 Å². The van der Waals surface area contributed by atoms with Crippen LogP contribution in [0.5, 0.6) is 5.75 Å². The molecule has 27 heavy (non-hydrogen) atoms. The number of nitrogens with zero attached hydrogens (tertiary/aromatic N) is 3. The fraction of sp³-hybridized carbons (Fsp3) is 0.143. The van der Waals surface area contributed by atoms with Crippen LogP contribution in [0.2, 0.25) is 0 Å². The van der Waals surface area contributed by atoms with Crippen molar-refractivity contribution in [3.05, 3.63) is 78.0 Å². The maximum Gasteiger partial charge on any atom is 0.154 e. The maximum absolute atomic E-state index is 9.20. The Balaban J connectivity index is 1.57. The van der Waals surface area contributed by atoms with Crippen molar-refractivity contribution < 1.29 is 9.84 Å². The van der Waals surface area contributed by atoms with E-state index in [4.69, 9.17) is 4.74 Å². The van der Waals surface area contributed by atoms with Crippen molar-refractivity contribution in [1.29, 1.82) is 0 Å². The van der Waals surface area contributed by atoms with Gasteiger partial charge in [-0.3, -0.25) is 0 Å². The summed E-state index contributed by atoms with van der Waals surface area (Å²) in [5.74, 6) is 1.61. The first kappa shape index (κ1) is 17.1. The molecule has 2 N–H and O–H groups in total. The number of rotatable bonds is 6. The van der Waals surface area contributed by atoms with E-state index in [0.717, 1.165) is 39.6 Å². The minimum absolute atomic E-state index is 0.0328. The van der Waals surface area contributed by atoms with Gasteiger partial charge in [0.1, 0.15) is 11.6 Å². The van der Waals surface area contributed by atoms with Gasteiger partial charge >= 0.3 is 0 Å². The number of aromatic nitrogens is 3. The number of hydrogen-bond acceptors (Lipinski definition) is 5. The summed E-state index contributed by atoms with van der Waals surface area (Å²) in [7, 11) is 1.66. The smallest absolute Gasteiger partial charge is 0.154 e. The van der Waals surface area contributed by atoms with Crippen molar-refractivity contribution >= 4 is 11.5 Å². The number of hydrogen-bond donors (Lipinski definition) is 2. The van der Waals surface area contributed by atoms with Gasteiger partial charge in [-0.1, -0.05) is 36.4 Å². The number of methoxy groups -OCH3 is 1. The number of aliphatic hydroxyl groups excluding tert-OH is 1. The van der Waals surface area contributed by atoms with Crippen LogP contribution in [-0.4, -0.2) is 26.8 Å². The summed E-state index contributed by atoms with van der Waals surface area (Å²) in [6.07, 6.45) is 1.81. The average molecular weight is 360 g/mol. The lowest BCUT2D eigenvalue weighted by Gasteiger charge is -2.08. The molecule has 0 aliphatic heterocycles. The Hall–Kier alpha value is -3.38. The highest BCUT2D eigenvalue weighted by Gasteiger charge is 2.08. The van der Waals surface area contributed by atoms with Crippen molar-refractivity contribution in [3.8, 4) is 17.0 Å². The van der Waals surface area contributed by atoms with E-state index in [1.807, 2.05) is 71.4 Å². The zero-order valence-corrected chi connectivity index (χ0v) is 15.0. The summed E-state index contributed by atoms with van der Waals surface area (Å²) in [5.41, 5.74) is 4.71. The van der Waals surface area contributed by atoms with Gasteiger partial charge in [-0.15, -0.1) is 5.10 Å². The second-order valence-electron chi connectivity index (χ2n) is 6.19. The molecular formula is C21H20N4O2. The zero-order chi connectivity index (χ0) is 18.6. The third-order valence-electron chi connectivity index (χ3n) is 4.43. The molecule has 2 heterocycles. The van der Waals surface area contributed by atoms with E-state index >= 15 is 0 Å². The van der Waals surface area contributed by atoms with E-state index < -0.39 is 0 Å². The van der Waals surface area contributed by atoms with Crippen LogP contribution in [0, 0.1) is 0 Å². The second kappa shape index (κ2) is 7.47. The molecule has 0 radical (unpaired) electrons. The SMILES string of the molecule is COc1ccc(CNc2ccc3ncc(-c4ccc(CO)cc4)n3n2)cc1. The lowest BCUT2D eigenvalue weighted by Crippen LogP contribution is -2.04. The monoisotopic (exact) mass is 360 g/mol. The van der Waals surface area contributed by atoms with Crippen LogP contribution < -0.4 is 10.1 Å². The van der Waals surface area contributed by atoms with Crippen LogP contribution in [0.4, 0.5) is 5.82 Å². The molecule has 4 rings (SSSR count). The minimum atomic E-state index is 0.0328. The van der Waals surface area contributed by atoms with Crippen LogP contribution in [-0.2, 0) is 13.2 Å². The van der Waals surface area contributed by atoms with Crippen LogP contribution in [0.3, 0.4) is 0 Å². The first-order valence-corrected chi connectivity index (χ1v) is 8.68. The second-order valence-corrected chi connectivity index (χ2v) is 6.19. The normalized spacial score (nSPS) is 10.9. The van der Waals surface area contributed by atoms with Gasteiger partial charge in [0.25, 0.3) is 0 Å². The van der Waals surface area contributed by atoms with E-state index in [1.165, 1.54) is 0 Å². The van der Waals surface area contributed by atoms with Crippen LogP contribution >= 0.6 is 0 Å². The van der Waals surface area contributed by atoms with Crippen molar-refractivity contribution in [1.82, 2.24) is 14.6 Å². The highest BCUT2D eigenvalue weighted by atomic mass is 16.5. The summed E-state index contributed by atoms with van der Waals surface area (Å²) in [6, 6.07) is 19.5. The molecule has 6 nitrogen and oxygen atoms in total. The standard InChI is InChI=1S/C21H20N4O2/c1-27-18-8-4-15(5-9-18)12-22-20-10-11-21-23-13-19(25(21)24-20)17-6-2-16(14-26)3-7-17/h2-11,13,26H,12,14H2,1H3,(H,22,24).